The first kappa shape index (κ1) is 26.4. The molecule has 0 unspecified atom stereocenters. The van der Waals surface area contributed by atoms with E-state index < -0.39 is 29.6 Å². The predicted molar refractivity (Wildman–Crippen MR) is 148 cm³/mol. The molecule has 3 aliphatic heterocycles. The maximum absolute atomic E-state index is 13.4. The minimum Gasteiger partial charge on any atom is -0.455 e. The van der Waals surface area contributed by atoms with Crippen molar-refractivity contribution < 1.29 is 33.0 Å². The van der Waals surface area contributed by atoms with Crippen LogP contribution in [-0.2, 0) is 25.6 Å². The summed E-state index contributed by atoms with van der Waals surface area (Å²) in [6.45, 7) is 0.519. The molecule has 4 aromatic rings. The molecule has 0 aliphatic carbocycles. The number of pyridine rings is 1. The van der Waals surface area contributed by atoms with Crippen LogP contribution in [0.15, 0.2) is 75.1 Å². The Morgan fingerprint density at radius 3 is 2.71 bits per heavy atom. The zero-order chi connectivity index (χ0) is 28.7. The Bertz CT molecular complexity index is 1670. The molecule has 12 nitrogen and oxygen atoms in total. The van der Waals surface area contributed by atoms with Gasteiger partial charge in [-0.15, -0.1) is 0 Å². The molecular formula is C29H25N5O7S. The molecule has 5 heterocycles. The maximum atomic E-state index is 13.4. The lowest BCUT2D eigenvalue weighted by molar-refractivity contribution is -0.152. The number of fused-ring (bicyclic) bond motifs is 3. The van der Waals surface area contributed by atoms with Crippen molar-refractivity contribution in [3.63, 3.8) is 0 Å². The van der Waals surface area contributed by atoms with Gasteiger partial charge in [-0.2, -0.15) is 0 Å². The van der Waals surface area contributed by atoms with E-state index in [0.29, 0.717) is 41.5 Å². The van der Waals surface area contributed by atoms with Gasteiger partial charge in [0.2, 0.25) is 17.7 Å². The van der Waals surface area contributed by atoms with Crippen LogP contribution in [0.5, 0.6) is 11.5 Å². The summed E-state index contributed by atoms with van der Waals surface area (Å²) in [5.74, 6) is -0.738. The van der Waals surface area contributed by atoms with E-state index in [1.165, 1.54) is 4.90 Å². The number of para-hydroxylation sites is 1. The topological polar surface area (TPSA) is 145 Å². The lowest BCUT2D eigenvalue weighted by atomic mass is 10.1. The van der Waals surface area contributed by atoms with Gasteiger partial charge in [-0.05, 0) is 30.3 Å². The van der Waals surface area contributed by atoms with Gasteiger partial charge >= 0.3 is 0 Å². The van der Waals surface area contributed by atoms with Crippen molar-refractivity contribution in [3.8, 4) is 11.5 Å². The van der Waals surface area contributed by atoms with E-state index in [9.17, 15) is 14.4 Å². The number of nitrogens with one attached hydrogen (secondary N) is 2. The van der Waals surface area contributed by atoms with Gasteiger partial charge < -0.3 is 34.2 Å². The predicted octanol–water partition coefficient (Wildman–Crippen LogP) is 2.87. The minimum absolute atomic E-state index is 0.0284. The SMILES string of the molecule is O=C(NCC(=O)N1CC2(C[C@H]1C(=O)NCc1nc3cnccc3o1)OCCO2)c1ccc2c(c1)Oc1ccccc1S2. The smallest absolute Gasteiger partial charge is 0.251 e. The summed E-state index contributed by atoms with van der Waals surface area (Å²) in [6.07, 6.45) is 3.33. The average Bonchev–Trinajstić information content (AvgIpc) is 3.75. The zero-order valence-corrected chi connectivity index (χ0v) is 23.0. The molecule has 2 aromatic heterocycles. The van der Waals surface area contributed by atoms with E-state index in [4.69, 9.17) is 18.6 Å². The van der Waals surface area contributed by atoms with Gasteiger partial charge in [0.25, 0.3) is 5.91 Å². The van der Waals surface area contributed by atoms with Gasteiger partial charge in [-0.3, -0.25) is 19.4 Å². The van der Waals surface area contributed by atoms with Crippen LogP contribution < -0.4 is 15.4 Å². The van der Waals surface area contributed by atoms with Crippen molar-refractivity contribution in [2.45, 2.75) is 34.6 Å². The van der Waals surface area contributed by atoms with E-state index in [2.05, 4.69) is 20.6 Å². The fourth-order valence-electron chi connectivity index (χ4n) is 5.25. The summed E-state index contributed by atoms with van der Waals surface area (Å²) in [4.78, 5) is 51.2. The number of rotatable bonds is 6. The van der Waals surface area contributed by atoms with Crippen LogP contribution in [0.3, 0.4) is 0 Å². The van der Waals surface area contributed by atoms with E-state index in [-0.39, 0.29) is 26.1 Å². The first-order valence-corrected chi connectivity index (χ1v) is 14.2. The standard InChI is InChI=1S/C29H25N5O7S/c35-26(15-32-27(36)17-5-6-24-22(11-17)40-21-3-1-2-4-23(21)42-24)34-16-29(38-9-10-39-29)12-19(34)28(37)31-14-25-33-18-13-30-8-7-20(18)41-25/h1-8,11,13,19H,9-10,12,14-16H2,(H,31,37)(H,32,36)/t19-/m0/s1. The molecular weight excluding hydrogens is 562 g/mol. The summed E-state index contributed by atoms with van der Waals surface area (Å²) < 4.78 is 23.2. The lowest BCUT2D eigenvalue weighted by Gasteiger charge is -2.24. The van der Waals surface area contributed by atoms with E-state index >= 15 is 0 Å². The van der Waals surface area contributed by atoms with Gasteiger partial charge in [0.05, 0.1) is 48.8 Å². The first-order valence-electron chi connectivity index (χ1n) is 13.4. The number of aromatic nitrogens is 2. The highest BCUT2D eigenvalue weighted by atomic mass is 32.2. The monoisotopic (exact) mass is 587 g/mol. The maximum Gasteiger partial charge on any atom is 0.251 e. The van der Waals surface area contributed by atoms with E-state index in [0.717, 1.165) is 15.5 Å². The van der Waals surface area contributed by atoms with Crippen LogP contribution in [0.1, 0.15) is 22.7 Å². The Hall–Kier alpha value is -4.46. The summed E-state index contributed by atoms with van der Waals surface area (Å²) in [5.41, 5.74) is 1.49. The summed E-state index contributed by atoms with van der Waals surface area (Å²) in [7, 11) is 0. The molecule has 13 heteroatoms. The Morgan fingerprint density at radius 1 is 1.02 bits per heavy atom. The Morgan fingerprint density at radius 2 is 1.86 bits per heavy atom. The average molecular weight is 588 g/mol. The first-order chi connectivity index (χ1) is 20.5. The molecule has 42 heavy (non-hydrogen) atoms. The van der Waals surface area contributed by atoms with Gasteiger partial charge in [-0.25, -0.2) is 4.98 Å². The number of hydrogen-bond donors (Lipinski definition) is 2. The molecule has 1 spiro atoms. The number of ether oxygens (including phenoxy) is 3. The Balaban J connectivity index is 1.01. The fraction of sp³-hybridized carbons (Fsp3) is 0.276. The third-order valence-corrected chi connectivity index (χ3v) is 8.39. The summed E-state index contributed by atoms with van der Waals surface area (Å²) in [6, 6.07) is 13.6. The van der Waals surface area contributed by atoms with Gasteiger partial charge in [0.15, 0.2) is 11.4 Å². The number of amides is 3. The number of nitrogens with zero attached hydrogens (tertiary/aromatic N) is 3. The molecule has 214 valence electrons. The second-order valence-electron chi connectivity index (χ2n) is 10.0. The van der Waals surface area contributed by atoms with Crippen molar-refractivity contribution in [1.29, 1.82) is 0 Å². The molecule has 2 saturated heterocycles. The van der Waals surface area contributed by atoms with Gasteiger partial charge in [0, 0.05) is 24.2 Å². The molecule has 2 fully saturated rings. The van der Waals surface area contributed by atoms with Gasteiger partial charge in [0.1, 0.15) is 23.1 Å². The molecule has 3 aliphatic rings. The summed E-state index contributed by atoms with van der Waals surface area (Å²) in [5, 5.41) is 5.47. The van der Waals surface area contributed by atoms with Crippen molar-refractivity contribution in [2.75, 3.05) is 26.3 Å². The number of likely N-dealkylation sites (tertiary alicyclic amines) is 1. The minimum atomic E-state index is -1.06. The fourth-order valence-corrected chi connectivity index (χ4v) is 6.19. The van der Waals surface area contributed by atoms with Crippen molar-refractivity contribution >= 4 is 40.6 Å². The molecule has 2 N–H and O–H groups in total. The highest BCUT2D eigenvalue weighted by molar-refractivity contribution is 7.99. The van der Waals surface area contributed by atoms with Crippen LogP contribution in [0.2, 0.25) is 0 Å². The second kappa shape index (κ2) is 10.7. The summed E-state index contributed by atoms with van der Waals surface area (Å²) >= 11 is 1.56. The number of benzene rings is 2. The normalized spacial score (nSPS) is 18.4. The lowest BCUT2D eigenvalue weighted by Crippen LogP contribution is -2.49. The quantitative estimate of drug-likeness (QED) is 0.304. The van der Waals surface area contributed by atoms with E-state index in [1.807, 2.05) is 30.3 Å². The second-order valence-corrected chi connectivity index (χ2v) is 11.1. The third-order valence-electron chi connectivity index (χ3n) is 7.27. The Labute approximate surface area is 243 Å². The zero-order valence-electron chi connectivity index (χ0n) is 22.2. The van der Waals surface area contributed by atoms with Crippen LogP contribution >= 0.6 is 11.8 Å². The van der Waals surface area contributed by atoms with Crippen molar-refractivity contribution in [3.05, 3.63) is 72.4 Å². The van der Waals surface area contributed by atoms with Crippen LogP contribution in [0, 0.1) is 0 Å². The molecule has 0 radical (unpaired) electrons. The molecule has 0 saturated carbocycles. The van der Waals surface area contributed by atoms with E-state index in [1.54, 1.807) is 42.4 Å². The molecule has 3 amide bonds. The molecule has 7 rings (SSSR count). The van der Waals surface area contributed by atoms with Crippen LogP contribution in [-0.4, -0.2) is 70.7 Å². The van der Waals surface area contributed by atoms with Gasteiger partial charge in [-0.1, -0.05) is 23.9 Å². The number of carbonyl (C=O) groups excluding carboxylic acids is 3. The van der Waals surface area contributed by atoms with Crippen molar-refractivity contribution in [2.24, 2.45) is 0 Å². The van der Waals surface area contributed by atoms with Crippen LogP contribution in [0.25, 0.3) is 11.1 Å². The number of carbonyl (C=O) groups is 3. The highest BCUT2D eigenvalue weighted by Crippen LogP contribution is 2.47. The number of hydrogen-bond acceptors (Lipinski definition) is 10. The number of oxazole rings is 1. The largest absolute Gasteiger partial charge is 0.455 e. The van der Waals surface area contributed by atoms with Crippen LogP contribution in [0.4, 0.5) is 0 Å². The molecule has 1 atom stereocenters. The third kappa shape index (κ3) is 5.06. The molecule has 2 aromatic carbocycles. The van der Waals surface area contributed by atoms with Crippen molar-refractivity contribution in [1.82, 2.24) is 25.5 Å². The highest BCUT2D eigenvalue weighted by Gasteiger charge is 2.52. The Kier molecular flexibility index (Phi) is 6.76. The molecule has 0 bridgehead atoms.